The fourth-order valence-electron chi connectivity index (χ4n) is 5.46. The van der Waals surface area contributed by atoms with Crippen LogP contribution in [0.5, 0.6) is 0 Å². The fraction of sp³-hybridized carbons (Fsp3) is 0.429. The van der Waals surface area contributed by atoms with Gasteiger partial charge in [0.05, 0.1) is 0 Å². The van der Waals surface area contributed by atoms with Gasteiger partial charge >= 0.3 is 0 Å². The van der Waals surface area contributed by atoms with Crippen molar-refractivity contribution in [1.82, 2.24) is 10.6 Å². The highest BCUT2D eigenvalue weighted by atomic mass is 16.2. The quantitative estimate of drug-likeness (QED) is 0.492. The van der Waals surface area contributed by atoms with Crippen molar-refractivity contribution >= 4 is 33.4 Å². The van der Waals surface area contributed by atoms with Gasteiger partial charge in [0.1, 0.15) is 0 Å². The molecule has 5 rings (SSSR count). The first-order chi connectivity index (χ1) is 15.7. The first kappa shape index (κ1) is 21.0. The van der Waals surface area contributed by atoms with E-state index in [1.165, 1.54) is 38.5 Å². The summed E-state index contributed by atoms with van der Waals surface area (Å²) in [6.07, 6.45) is 11.3. The summed E-state index contributed by atoms with van der Waals surface area (Å²) in [6.45, 7) is 0. The Bertz CT molecular complexity index is 1140. The van der Waals surface area contributed by atoms with Crippen molar-refractivity contribution in [1.29, 1.82) is 0 Å². The summed E-state index contributed by atoms with van der Waals surface area (Å²) in [4.78, 5) is 26.6. The molecule has 2 saturated carbocycles. The number of rotatable bonds is 4. The molecule has 0 spiro atoms. The van der Waals surface area contributed by atoms with Gasteiger partial charge in [0, 0.05) is 23.2 Å². The third-order valence-electron chi connectivity index (χ3n) is 7.25. The summed E-state index contributed by atoms with van der Waals surface area (Å²) >= 11 is 0. The molecule has 0 heterocycles. The van der Waals surface area contributed by atoms with Crippen LogP contribution in [0.15, 0.2) is 48.5 Å². The average molecular weight is 429 g/mol. The second-order valence-corrected chi connectivity index (χ2v) is 9.52. The molecule has 0 atom stereocenters. The average Bonchev–Trinajstić information content (AvgIpc) is 2.84. The van der Waals surface area contributed by atoms with Crippen molar-refractivity contribution < 1.29 is 9.59 Å². The van der Waals surface area contributed by atoms with Gasteiger partial charge in [-0.05, 0) is 59.4 Å². The second kappa shape index (κ2) is 9.32. The lowest BCUT2D eigenvalue weighted by molar-refractivity contribution is 0.0927. The zero-order valence-corrected chi connectivity index (χ0v) is 18.7. The predicted molar refractivity (Wildman–Crippen MR) is 130 cm³/mol. The van der Waals surface area contributed by atoms with Crippen molar-refractivity contribution in [3.63, 3.8) is 0 Å². The number of hydrogen-bond acceptors (Lipinski definition) is 2. The van der Waals surface area contributed by atoms with E-state index in [1.807, 2.05) is 24.3 Å². The Morgan fingerprint density at radius 1 is 0.625 bits per heavy atom. The monoisotopic (exact) mass is 428 g/mol. The number of fused-ring (bicyclic) bond motifs is 3. The van der Waals surface area contributed by atoms with E-state index in [0.29, 0.717) is 11.1 Å². The highest BCUT2D eigenvalue weighted by Crippen LogP contribution is 2.30. The van der Waals surface area contributed by atoms with Crippen molar-refractivity contribution in [2.75, 3.05) is 0 Å². The first-order valence-corrected chi connectivity index (χ1v) is 12.3. The van der Waals surface area contributed by atoms with Gasteiger partial charge < -0.3 is 10.6 Å². The maximum atomic E-state index is 13.4. The number of amides is 2. The molecule has 2 fully saturated rings. The Balaban J connectivity index is 1.54. The van der Waals surface area contributed by atoms with Gasteiger partial charge in [-0.3, -0.25) is 9.59 Å². The smallest absolute Gasteiger partial charge is 0.252 e. The van der Waals surface area contributed by atoms with E-state index in [-0.39, 0.29) is 23.9 Å². The standard InChI is InChI=1S/C28H32N2O2/c31-27(29-21-10-3-1-4-11-21)20-17-25-23-14-8-7-9-19(23)15-16-24(25)26(18-20)28(32)30-22-12-5-2-6-13-22/h7-9,14-18,21-22H,1-6,10-13H2,(H,29,31)(H,30,32). The Kier molecular flexibility index (Phi) is 6.11. The van der Waals surface area contributed by atoms with Crippen LogP contribution in [0.25, 0.3) is 21.5 Å². The van der Waals surface area contributed by atoms with Gasteiger partial charge in [-0.1, -0.05) is 74.9 Å². The van der Waals surface area contributed by atoms with Crippen LogP contribution in [0.4, 0.5) is 0 Å². The minimum absolute atomic E-state index is 0.0653. The topological polar surface area (TPSA) is 58.2 Å². The van der Waals surface area contributed by atoms with Crippen molar-refractivity contribution in [3.8, 4) is 0 Å². The molecule has 2 aliphatic rings. The molecule has 0 bridgehead atoms. The zero-order chi connectivity index (χ0) is 21.9. The molecule has 4 nitrogen and oxygen atoms in total. The van der Waals surface area contributed by atoms with E-state index in [9.17, 15) is 9.59 Å². The molecular formula is C28H32N2O2. The van der Waals surface area contributed by atoms with Crippen molar-refractivity contribution in [2.24, 2.45) is 0 Å². The Morgan fingerprint density at radius 2 is 1.25 bits per heavy atom. The minimum atomic E-state index is -0.0709. The van der Waals surface area contributed by atoms with Crippen molar-refractivity contribution in [3.05, 3.63) is 59.7 Å². The molecule has 32 heavy (non-hydrogen) atoms. The number of nitrogens with one attached hydrogen (secondary N) is 2. The summed E-state index contributed by atoms with van der Waals surface area (Å²) < 4.78 is 0. The largest absolute Gasteiger partial charge is 0.349 e. The normalized spacial score (nSPS) is 18.0. The zero-order valence-electron chi connectivity index (χ0n) is 18.7. The lowest BCUT2D eigenvalue weighted by Gasteiger charge is -2.24. The van der Waals surface area contributed by atoms with Crippen LogP contribution < -0.4 is 10.6 Å². The van der Waals surface area contributed by atoms with Crippen LogP contribution in [0.2, 0.25) is 0 Å². The van der Waals surface area contributed by atoms with E-state index in [1.54, 1.807) is 6.07 Å². The molecule has 0 unspecified atom stereocenters. The highest BCUT2D eigenvalue weighted by molar-refractivity contribution is 6.17. The molecule has 166 valence electrons. The van der Waals surface area contributed by atoms with Crippen LogP contribution >= 0.6 is 0 Å². The van der Waals surface area contributed by atoms with E-state index in [0.717, 1.165) is 47.2 Å². The minimum Gasteiger partial charge on any atom is -0.349 e. The fourth-order valence-corrected chi connectivity index (χ4v) is 5.46. The maximum absolute atomic E-state index is 13.4. The number of carbonyl (C=O) groups excluding carboxylic acids is 2. The summed E-state index contributed by atoms with van der Waals surface area (Å²) in [6, 6.07) is 16.5. The lowest BCUT2D eigenvalue weighted by Crippen LogP contribution is -2.37. The highest BCUT2D eigenvalue weighted by Gasteiger charge is 2.22. The Labute approximate surface area is 189 Å². The summed E-state index contributed by atoms with van der Waals surface area (Å²) in [5, 5.41) is 10.5. The second-order valence-electron chi connectivity index (χ2n) is 9.52. The van der Waals surface area contributed by atoms with Gasteiger partial charge in [0.25, 0.3) is 11.8 Å². The van der Waals surface area contributed by atoms with Gasteiger partial charge in [0.15, 0.2) is 0 Å². The summed E-state index contributed by atoms with van der Waals surface area (Å²) in [7, 11) is 0. The molecule has 0 aliphatic heterocycles. The SMILES string of the molecule is O=C(NC1CCCCC1)c1cc(C(=O)NC2CCCCC2)c2ccc3ccccc3c2c1. The molecule has 2 N–H and O–H groups in total. The molecule has 0 radical (unpaired) electrons. The number of hydrogen-bond donors (Lipinski definition) is 2. The Hall–Kier alpha value is -2.88. The van der Waals surface area contributed by atoms with E-state index in [4.69, 9.17) is 0 Å². The third kappa shape index (κ3) is 4.36. The van der Waals surface area contributed by atoms with E-state index in [2.05, 4.69) is 28.8 Å². The molecule has 4 heteroatoms. The number of carbonyl (C=O) groups is 2. The first-order valence-electron chi connectivity index (χ1n) is 12.3. The predicted octanol–water partition coefficient (Wildman–Crippen LogP) is 6.12. The van der Waals surface area contributed by atoms with Crippen LogP contribution in [-0.2, 0) is 0 Å². The molecule has 3 aromatic rings. The molecule has 2 aliphatic carbocycles. The molecular weight excluding hydrogens is 396 g/mol. The number of benzene rings is 3. The van der Waals surface area contributed by atoms with Crippen LogP contribution in [0.3, 0.4) is 0 Å². The maximum Gasteiger partial charge on any atom is 0.252 e. The van der Waals surface area contributed by atoms with Crippen LogP contribution in [-0.4, -0.2) is 23.9 Å². The summed E-state index contributed by atoms with van der Waals surface area (Å²) in [5.41, 5.74) is 1.18. The summed E-state index contributed by atoms with van der Waals surface area (Å²) in [5.74, 6) is -0.136. The molecule has 0 saturated heterocycles. The third-order valence-corrected chi connectivity index (χ3v) is 7.25. The van der Waals surface area contributed by atoms with Gasteiger partial charge in [0.2, 0.25) is 0 Å². The molecule has 0 aromatic heterocycles. The van der Waals surface area contributed by atoms with E-state index < -0.39 is 0 Å². The van der Waals surface area contributed by atoms with Crippen molar-refractivity contribution in [2.45, 2.75) is 76.3 Å². The van der Waals surface area contributed by atoms with Gasteiger partial charge in [-0.15, -0.1) is 0 Å². The van der Waals surface area contributed by atoms with E-state index >= 15 is 0 Å². The van der Waals surface area contributed by atoms with Gasteiger partial charge in [-0.2, -0.15) is 0 Å². The van der Waals surface area contributed by atoms with Gasteiger partial charge in [-0.25, -0.2) is 0 Å². The molecule has 3 aromatic carbocycles. The van der Waals surface area contributed by atoms with Crippen LogP contribution in [0.1, 0.15) is 84.9 Å². The van der Waals surface area contributed by atoms with Crippen LogP contribution in [0, 0.1) is 0 Å². The lowest BCUT2D eigenvalue weighted by atomic mass is 9.92. The molecule has 2 amide bonds. The Morgan fingerprint density at radius 3 is 1.94 bits per heavy atom.